The highest BCUT2D eigenvalue weighted by Crippen LogP contribution is 2.24. The van der Waals surface area contributed by atoms with Crippen molar-refractivity contribution in [1.29, 1.82) is 0 Å². The van der Waals surface area contributed by atoms with Crippen molar-refractivity contribution in [3.63, 3.8) is 0 Å². The molecule has 0 atom stereocenters. The number of rotatable bonds is 3. The highest BCUT2D eigenvalue weighted by molar-refractivity contribution is 9.10. The predicted molar refractivity (Wildman–Crippen MR) is 72.5 cm³/mol. The molecular weight excluding hydrogens is 318 g/mol. The molecule has 0 unspecified atom stereocenters. The van der Waals surface area contributed by atoms with Gasteiger partial charge in [-0.25, -0.2) is 15.0 Å². The highest BCUT2D eigenvalue weighted by atomic mass is 79.9. The lowest BCUT2D eigenvalue weighted by Crippen LogP contribution is -2.09. The molecule has 6 nitrogen and oxygen atoms in total. The average Bonchev–Trinajstić information content (AvgIpc) is 2.26. The summed E-state index contributed by atoms with van der Waals surface area (Å²) in [5.41, 5.74) is 5.23. The Kier molecular flexibility index (Phi) is 3.97. The number of H-pyrrole nitrogens is 1. The van der Waals surface area contributed by atoms with Gasteiger partial charge in [-0.15, -0.1) is 0 Å². The summed E-state index contributed by atoms with van der Waals surface area (Å²) >= 11 is 4.55. The van der Waals surface area contributed by atoms with Crippen LogP contribution in [0.4, 0.5) is 5.82 Å². The number of hydrogen-bond donors (Lipinski definition) is 2. The number of aromatic nitrogens is 4. The number of hydrogen-bond acceptors (Lipinski definition) is 6. The summed E-state index contributed by atoms with van der Waals surface area (Å²) in [5, 5.41) is 1.11. The maximum absolute atomic E-state index is 11.3. The van der Waals surface area contributed by atoms with Crippen LogP contribution in [-0.4, -0.2) is 19.9 Å². The number of nitrogens with two attached hydrogens (primary N) is 1. The van der Waals surface area contributed by atoms with Crippen LogP contribution in [0, 0.1) is 0 Å². The molecular formula is C10H10BrN5OS. The fourth-order valence-corrected chi connectivity index (χ4v) is 2.65. The van der Waals surface area contributed by atoms with Crippen LogP contribution < -0.4 is 11.3 Å². The van der Waals surface area contributed by atoms with E-state index >= 15 is 0 Å². The van der Waals surface area contributed by atoms with Gasteiger partial charge in [-0.05, 0) is 27.7 Å². The van der Waals surface area contributed by atoms with Crippen LogP contribution in [0.1, 0.15) is 12.7 Å². The zero-order valence-corrected chi connectivity index (χ0v) is 11.9. The molecule has 0 aromatic carbocycles. The summed E-state index contributed by atoms with van der Waals surface area (Å²) in [7, 11) is 0. The van der Waals surface area contributed by atoms with Crippen LogP contribution >= 0.6 is 27.7 Å². The van der Waals surface area contributed by atoms with E-state index in [0.717, 1.165) is 12.2 Å². The largest absolute Gasteiger partial charge is 0.383 e. The van der Waals surface area contributed by atoms with Gasteiger partial charge in [-0.1, -0.05) is 6.92 Å². The van der Waals surface area contributed by atoms with Crippen molar-refractivity contribution in [2.45, 2.75) is 23.5 Å². The van der Waals surface area contributed by atoms with Crippen molar-refractivity contribution in [2.75, 3.05) is 5.73 Å². The third kappa shape index (κ3) is 3.30. The molecule has 18 heavy (non-hydrogen) atoms. The smallest absolute Gasteiger partial charge is 0.253 e. The molecule has 2 heterocycles. The Balaban J connectivity index is 2.33. The van der Waals surface area contributed by atoms with Gasteiger partial charge in [0.2, 0.25) is 0 Å². The van der Waals surface area contributed by atoms with E-state index in [2.05, 4.69) is 35.9 Å². The Hall–Kier alpha value is -1.41. The van der Waals surface area contributed by atoms with Gasteiger partial charge in [0, 0.05) is 18.6 Å². The first-order valence-electron chi connectivity index (χ1n) is 5.15. The van der Waals surface area contributed by atoms with Gasteiger partial charge in [-0.3, -0.25) is 4.79 Å². The summed E-state index contributed by atoms with van der Waals surface area (Å²) in [4.78, 5) is 26.4. The van der Waals surface area contributed by atoms with Gasteiger partial charge >= 0.3 is 0 Å². The van der Waals surface area contributed by atoms with Crippen LogP contribution in [0.5, 0.6) is 0 Å². The first kappa shape index (κ1) is 13.0. The summed E-state index contributed by atoms with van der Waals surface area (Å²) in [6.07, 6.45) is 0.730. The predicted octanol–water partition coefficient (Wildman–Crippen LogP) is 1.62. The molecule has 0 radical (unpaired) electrons. The Morgan fingerprint density at radius 3 is 2.83 bits per heavy atom. The van der Waals surface area contributed by atoms with Gasteiger partial charge in [0.15, 0.2) is 5.16 Å². The van der Waals surface area contributed by atoms with Crippen LogP contribution in [0.3, 0.4) is 0 Å². The summed E-state index contributed by atoms with van der Waals surface area (Å²) in [6.45, 7) is 1.97. The third-order valence-corrected chi connectivity index (χ3v) is 3.19. The molecule has 0 amide bonds. The zero-order chi connectivity index (χ0) is 13.1. The third-order valence-electron chi connectivity index (χ3n) is 1.97. The molecule has 94 valence electrons. The molecule has 0 spiro atoms. The van der Waals surface area contributed by atoms with E-state index < -0.39 is 0 Å². The van der Waals surface area contributed by atoms with Gasteiger partial charge in [0.05, 0.1) is 0 Å². The topological polar surface area (TPSA) is 97.5 Å². The molecule has 8 heteroatoms. The molecule has 0 bridgehead atoms. The zero-order valence-electron chi connectivity index (χ0n) is 9.48. The van der Waals surface area contributed by atoms with Crippen molar-refractivity contribution in [1.82, 2.24) is 19.9 Å². The van der Waals surface area contributed by atoms with E-state index in [1.807, 2.05) is 6.92 Å². The van der Waals surface area contributed by atoms with Gasteiger partial charge in [0.1, 0.15) is 21.3 Å². The van der Waals surface area contributed by atoms with Crippen molar-refractivity contribution in [3.8, 4) is 0 Å². The lowest BCUT2D eigenvalue weighted by Gasteiger charge is -2.03. The summed E-state index contributed by atoms with van der Waals surface area (Å²) in [6, 6.07) is 2.99. The maximum atomic E-state index is 11.3. The SMILES string of the molecule is CCc1nc(Br)cc(Sc2nc(N)cc(=O)[nH]2)n1. The Bertz CT molecular complexity index is 630. The van der Waals surface area contributed by atoms with E-state index in [9.17, 15) is 4.79 Å². The maximum Gasteiger partial charge on any atom is 0.253 e. The Labute approximate surface area is 116 Å². The second-order valence-electron chi connectivity index (χ2n) is 3.38. The van der Waals surface area contributed by atoms with E-state index in [1.54, 1.807) is 6.07 Å². The molecule has 2 aromatic heterocycles. The molecule has 2 aromatic rings. The number of anilines is 1. The lowest BCUT2D eigenvalue weighted by atomic mass is 10.4. The molecule has 3 N–H and O–H groups in total. The first-order valence-corrected chi connectivity index (χ1v) is 6.76. The number of halogens is 1. The first-order chi connectivity index (χ1) is 8.56. The number of aromatic amines is 1. The molecule has 0 saturated heterocycles. The van der Waals surface area contributed by atoms with Crippen molar-refractivity contribution >= 4 is 33.5 Å². The number of nitrogens with zero attached hydrogens (tertiary/aromatic N) is 3. The lowest BCUT2D eigenvalue weighted by molar-refractivity contribution is 0.870. The van der Waals surface area contributed by atoms with Crippen LogP contribution in [0.25, 0.3) is 0 Å². The minimum atomic E-state index is -0.283. The minimum Gasteiger partial charge on any atom is -0.383 e. The number of nitrogens with one attached hydrogen (secondary N) is 1. The van der Waals surface area contributed by atoms with Crippen LogP contribution in [0.15, 0.2) is 31.7 Å². The van der Waals surface area contributed by atoms with Gasteiger partial charge in [0.25, 0.3) is 5.56 Å². The summed E-state index contributed by atoms with van der Waals surface area (Å²) in [5.74, 6) is 0.906. The van der Waals surface area contributed by atoms with Crippen molar-refractivity contribution in [2.24, 2.45) is 0 Å². The Morgan fingerprint density at radius 1 is 1.39 bits per heavy atom. The van der Waals surface area contributed by atoms with E-state index in [4.69, 9.17) is 5.73 Å². The fraction of sp³-hybridized carbons (Fsp3) is 0.200. The molecule has 0 fully saturated rings. The monoisotopic (exact) mass is 327 g/mol. The number of nitrogen functional groups attached to an aromatic ring is 1. The molecule has 0 saturated carbocycles. The second kappa shape index (κ2) is 5.49. The van der Waals surface area contributed by atoms with Gasteiger partial charge in [-0.2, -0.15) is 0 Å². The Morgan fingerprint density at radius 2 is 2.17 bits per heavy atom. The van der Waals surface area contributed by atoms with Crippen molar-refractivity contribution < 1.29 is 0 Å². The fourth-order valence-electron chi connectivity index (χ4n) is 1.25. The molecule has 0 aliphatic carbocycles. The van der Waals surface area contributed by atoms with Crippen LogP contribution in [0.2, 0.25) is 0 Å². The molecule has 2 rings (SSSR count). The van der Waals surface area contributed by atoms with Gasteiger partial charge < -0.3 is 10.7 Å². The number of aryl methyl sites for hydroxylation is 1. The highest BCUT2D eigenvalue weighted by Gasteiger charge is 2.06. The minimum absolute atomic E-state index is 0.185. The molecule has 0 aliphatic heterocycles. The summed E-state index contributed by atoms with van der Waals surface area (Å²) < 4.78 is 0.697. The van der Waals surface area contributed by atoms with E-state index in [1.165, 1.54) is 17.8 Å². The van der Waals surface area contributed by atoms with Crippen molar-refractivity contribution in [3.05, 3.63) is 32.9 Å². The van der Waals surface area contributed by atoms with E-state index in [0.29, 0.717) is 14.8 Å². The van der Waals surface area contributed by atoms with Crippen LogP contribution in [-0.2, 0) is 6.42 Å². The average molecular weight is 328 g/mol. The second-order valence-corrected chi connectivity index (χ2v) is 5.20. The molecule has 0 aliphatic rings. The van der Waals surface area contributed by atoms with E-state index in [-0.39, 0.29) is 11.4 Å². The quantitative estimate of drug-likeness (QED) is 0.656. The normalized spacial score (nSPS) is 10.6. The standard InChI is InChI=1S/C10H10BrN5OS/c1-2-7-13-5(11)3-9(15-7)18-10-14-6(12)4-8(17)16-10/h3-4H,2H2,1H3,(H3,12,14,16,17).